The molecule has 1 aliphatic rings. The van der Waals surface area contributed by atoms with Crippen molar-refractivity contribution in [3.05, 3.63) is 10.6 Å². The molecule has 19 heavy (non-hydrogen) atoms. The molecule has 1 fully saturated rings. The van der Waals surface area contributed by atoms with Crippen molar-refractivity contribution in [3.63, 3.8) is 0 Å². The Morgan fingerprint density at radius 2 is 2.11 bits per heavy atom. The molecule has 2 heterocycles. The molecule has 1 aromatic rings. The molecule has 0 radical (unpaired) electrons. The summed E-state index contributed by atoms with van der Waals surface area (Å²) in [5.41, 5.74) is 0.860. The molecule has 0 aromatic carbocycles. The van der Waals surface area contributed by atoms with Gasteiger partial charge < -0.3 is 5.32 Å². The number of nitrogens with zero attached hydrogens (tertiary/aromatic N) is 1. The van der Waals surface area contributed by atoms with Crippen LogP contribution in [0.4, 0.5) is 9.93 Å². The van der Waals surface area contributed by atoms with Crippen molar-refractivity contribution in [1.29, 1.82) is 0 Å². The van der Waals surface area contributed by atoms with Crippen LogP contribution in [-0.2, 0) is 9.84 Å². The number of urea groups is 1. The Kier molecular flexibility index (Phi) is 4.03. The number of aromatic nitrogens is 1. The van der Waals surface area contributed by atoms with Crippen molar-refractivity contribution in [3.8, 4) is 0 Å². The molecule has 0 unspecified atom stereocenters. The Labute approximate surface area is 120 Å². The Hall–Kier alpha value is -0.860. The average Bonchev–Trinajstić information content (AvgIpc) is 2.67. The van der Waals surface area contributed by atoms with Gasteiger partial charge in [0.2, 0.25) is 0 Å². The number of sulfone groups is 1. The van der Waals surface area contributed by atoms with Crippen LogP contribution < -0.4 is 10.6 Å². The first-order valence-corrected chi connectivity index (χ1v) is 8.70. The molecule has 2 atom stereocenters. The molecule has 1 aliphatic heterocycles. The fourth-order valence-electron chi connectivity index (χ4n) is 1.76. The summed E-state index contributed by atoms with van der Waals surface area (Å²) in [6.07, 6.45) is 0. The standard InChI is InChI=1S/C10H14ClN3O3S2/c1-5-6(2)18-10(12-5)14-9(15)13-8-4-19(16,17)3-7(8)11/h7-8H,3-4H2,1-2H3,(H2,12,13,14,15)/t7-,8+/m1/s1. The SMILES string of the molecule is Cc1nc(NC(=O)N[C@H]2CS(=O)(=O)C[C@H]2Cl)sc1C. The molecule has 2 amide bonds. The van der Waals surface area contributed by atoms with Crippen molar-refractivity contribution in [1.82, 2.24) is 10.3 Å². The first-order valence-electron chi connectivity index (χ1n) is 5.63. The van der Waals surface area contributed by atoms with E-state index in [1.807, 2.05) is 13.8 Å². The molecule has 1 saturated heterocycles. The number of rotatable bonds is 2. The van der Waals surface area contributed by atoms with E-state index in [-0.39, 0.29) is 11.5 Å². The average molecular weight is 324 g/mol. The number of carbonyl (C=O) groups is 1. The Balaban J connectivity index is 1.95. The van der Waals surface area contributed by atoms with Gasteiger partial charge in [0.25, 0.3) is 0 Å². The zero-order valence-corrected chi connectivity index (χ0v) is 12.8. The minimum Gasteiger partial charge on any atom is -0.333 e. The van der Waals surface area contributed by atoms with Gasteiger partial charge in [-0.3, -0.25) is 5.32 Å². The maximum Gasteiger partial charge on any atom is 0.321 e. The fraction of sp³-hybridized carbons (Fsp3) is 0.600. The molecule has 0 bridgehead atoms. The number of anilines is 1. The Morgan fingerprint density at radius 3 is 2.58 bits per heavy atom. The van der Waals surface area contributed by atoms with E-state index in [1.54, 1.807) is 0 Å². The van der Waals surface area contributed by atoms with E-state index in [9.17, 15) is 13.2 Å². The van der Waals surface area contributed by atoms with E-state index < -0.39 is 27.3 Å². The van der Waals surface area contributed by atoms with E-state index in [0.29, 0.717) is 5.13 Å². The van der Waals surface area contributed by atoms with E-state index in [0.717, 1.165) is 10.6 Å². The number of hydrogen-bond donors (Lipinski definition) is 2. The summed E-state index contributed by atoms with van der Waals surface area (Å²) in [5, 5.41) is 5.05. The van der Waals surface area contributed by atoms with Crippen molar-refractivity contribution >= 4 is 43.9 Å². The van der Waals surface area contributed by atoms with Crippen molar-refractivity contribution in [2.75, 3.05) is 16.8 Å². The number of thiazole rings is 1. The second kappa shape index (κ2) is 5.26. The summed E-state index contributed by atoms with van der Waals surface area (Å²) in [7, 11) is -3.15. The molecule has 0 saturated carbocycles. The lowest BCUT2D eigenvalue weighted by atomic mass is 10.2. The minimum absolute atomic E-state index is 0.102. The highest BCUT2D eigenvalue weighted by Crippen LogP contribution is 2.21. The number of halogens is 1. The second-order valence-electron chi connectivity index (χ2n) is 4.46. The van der Waals surface area contributed by atoms with E-state index >= 15 is 0 Å². The molecule has 1 aromatic heterocycles. The normalized spacial score (nSPS) is 25.2. The smallest absolute Gasteiger partial charge is 0.321 e. The Morgan fingerprint density at radius 1 is 1.42 bits per heavy atom. The summed E-state index contributed by atoms with van der Waals surface area (Å²) in [6.45, 7) is 3.77. The minimum atomic E-state index is -3.15. The lowest BCUT2D eigenvalue weighted by molar-refractivity contribution is 0.249. The van der Waals surface area contributed by atoms with E-state index in [4.69, 9.17) is 11.6 Å². The zero-order chi connectivity index (χ0) is 14.2. The van der Waals surface area contributed by atoms with Crippen LogP contribution in [0.1, 0.15) is 10.6 Å². The summed E-state index contributed by atoms with van der Waals surface area (Å²) >= 11 is 7.27. The number of amides is 2. The molecule has 0 spiro atoms. The summed E-state index contributed by atoms with van der Waals surface area (Å²) < 4.78 is 22.7. The highest BCUT2D eigenvalue weighted by atomic mass is 35.5. The third kappa shape index (κ3) is 3.58. The van der Waals surface area contributed by atoms with Gasteiger partial charge in [-0.15, -0.1) is 22.9 Å². The van der Waals surface area contributed by atoms with Crippen LogP contribution in [0.5, 0.6) is 0 Å². The van der Waals surface area contributed by atoms with Gasteiger partial charge in [-0.05, 0) is 13.8 Å². The van der Waals surface area contributed by atoms with Gasteiger partial charge in [-0.1, -0.05) is 0 Å². The predicted octanol–water partition coefficient (Wildman–Crippen LogP) is 1.29. The lowest BCUT2D eigenvalue weighted by Crippen LogP contribution is -2.42. The summed E-state index contributed by atoms with van der Waals surface area (Å²) in [5.74, 6) is -0.223. The molecule has 2 N–H and O–H groups in total. The van der Waals surface area contributed by atoms with Crippen molar-refractivity contribution in [2.24, 2.45) is 0 Å². The number of alkyl halides is 1. The monoisotopic (exact) mass is 323 g/mol. The molecule has 0 aliphatic carbocycles. The predicted molar refractivity (Wildman–Crippen MR) is 75.8 cm³/mol. The second-order valence-corrected chi connectivity index (χ2v) is 8.38. The summed E-state index contributed by atoms with van der Waals surface area (Å²) in [4.78, 5) is 16.9. The molecule has 6 nitrogen and oxygen atoms in total. The number of carbonyl (C=O) groups excluding carboxylic acids is 1. The van der Waals surface area contributed by atoms with Crippen molar-refractivity contribution in [2.45, 2.75) is 25.3 Å². The van der Waals surface area contributed by atoms with Gasteiger partial charge in [0, 0.05) is 4.88 Å². The highest BCUT2D eigenvalue weighted by Gasteiger charge is 2.37. The van der Waals surface area contributed by atoms with Gasteiger partial charge in [-0.25, -0.2) is 18.2 Å². The first kappa shape index (κ1) is 14.5. The van der Waals surface area contributed by atoms with Gasteiger partial charge in [-0.2, -0.15) is 0 Å². The highest BCUT2D eigenvalue weighted by molar-refractivity contribution is 7.91. The molecule has 2 rings (SSSR count). The molecule has 106 valence electrons. The van der Waals surface area contributed by atoms with Crippen LogP contribution in [0.25, 0.3) is 0 Å². The number of nitrogens with one attached hydrogen (secondary N) is 2. The Bertz CT molecular complexity index is 580. The maximum absolute atomic E-state index is 11.7. The van der Waals surface area contributed by atoms with E-state index in [1.165, 1.54) is 11.3 Å². The van der Waals surface area contributed by atoms with Crippen LogP contribution in [0.15, 0.2) is 0 Å². The molecular weight excluding hydrogens is 310 g/mol. The third-order valence-electron chi connectivity index (χ3n) is 2.85. The van der Waals surface area contributed by atoms with Crippen LogP contribution >= 0.6 is 22.9 Å². The third-order valence-corrected chi connectivity index (χ3v) is 6.21. The largest absolute Gasteiger partial charge is 0.333 e. The topological polar surface area (TPSA) is 88.2 Å². The van der Waals surface area contributed by atoms with Gasteiger partial charge >= 0.3 is 6.03 Å². The van der Waals surface area contributed by atoms with Gasteiger partial charge in [0.15, 0.2) is 15.0 Å². The van der Waals surface area contributed by atoms with Gasteiger partial charge in [0.1, 0.15) is 0 Å². The number of aryl methyl sites for hydroxylation is 2. The maximum atomic E-state index is 11.7. The van der Waals surface area contributed by atoms with Crippen LogP contribution in [0, 0.1) is 13.8 Å². The zero-order valence-electron chi connectivity index (χ0n) is 10.4. The number of hydrogen-bond acceptors (Lipinski definition) is 5. The van der Waals surface area contributed by atoms with Gasteiger partial charge in [0.05, 0.1) is 28.6 Å². The fourth-order valence-corrected chi connectivity index (χ4v) is 5.12. The quantitative estimate of drug-likeness (QED) is 0.803. The van der Waals surface area contributed by atoms with Crippen LogP contribution in [-0.4, -0.2) is 42.4 Å². The summed E-state index contributed by atoms with van der Waals surface area (Å²) in [6, 6.07) is -1.05. The molecular formula is C10H14ClN3O3S2. The first-order chi connectivity index (χ1) is 8.77. The van der Waals surface area contributed by atoms with Crippen molar-refractivity contribution < 1.29 is 13.2 Å². The van der Waals surface area contributed by atoms with Crippen LogP contribution in [0.2, 0.25) is 0 Å². The van der Waals surface area contributed by atoms with Crippen LogP contribution in [0.3, 0.4) is 0 Å². The molecule has 9 heteroatoms. The lowest BCUT2D eigenvalue weighted by Gasteiger charge is -2.13. The van der Waals surface area contributed by atoms with E-state index in [2.05, 4.69) is 15.6 Å².